The van der Waals surface area contributed by atoms with Crippen LogP contribution in [0.2, 0.25) is 10.3 Å². The number of rotatable bonds is 5. The number of primary amides is 1. The number of halogens is 2. The van der Waals surface area contributed by atoms with Gasteiger partial charge in [-0.3, -0.25) is 4.79 Å². The Hall–Kier alpha value is -1.07. The summed E-state index contributed by atoms with van der Waals surface area (Å²) in [4.78, 5) is 20.5. The molecule has 0 atom stereocenters. The number of aromatic nitrogens is 2. The summed E-state index contributed by atoms with van der Waals surface area (Å²) in [6, 6.07) is 0. The first-order valence-corrected chi connectivity index (χ1v) is 5.87. The topological polar surface area (TPSA) is 72.1 Å². The SMILES string of the molecule is CC(C)CN(CC(N)=O)c1nc(Cl)ncc1Cl. The van der Waals surface area contributed by atoms with Crippen molar-refractivity contribution in [2.24, 2.45) is 11.7 Å². The largest absolute Gasteiger partial charge is 0.368 e. The van der Waals surface area contributed by atoms with Gasteiger partial charge in [0, 0.05) is 6.54 Å². The minimum absolute atomic E-state index is 0.0469. The molecule has 0 saturated heterocycles. The van der Waals surface area contributed by atoms with Gasteiger partial charge in [-0.1, -0.05) is 25.4 Å². The predicted molar refractivity (Wildman–Crippen MR) is 68.3 cm³/mol. The molecule has 2 N–H and O–H groups in total. The molecular formula is C10H14Cl2N4O. The summed E-state index contributed by atoms with van der Waals surface area (Å²) in [5.74, 6) is 0.315. The summed E-state index contributed by atoms with van der Waals surface area (Å²) in [5, 5.41) is 0.430. The Labute approximate surface area is 110 Å². The van der Waals surface area contributed by atoms with Crippen LogP contribution < -0.4 is 10.6 Å². The number of nitrogens with zero attached hydrogens (tertiary/aromatic N) is 3. The maximum absolute atomic E-state index is 11.0. The summed E-state index contributed by atoms with van der Waals surface area (Å²) in [6.07, 6.45) is 1.40. The Kier molecular flexibility index (Phi) is 4.96. The Balaban J connectivity index is 3.02. The van der Waals surface area contributed by atoms with Crippen LogP contribution in [0.1, 0.15) is 13.8 Å². The lowest BCUT2D eigenvalue weighted by Gasteiger charge is -2.24. The number of nitrogens with two attached hydrogens (primary N) is 1. The van der Waals surface area contributed by atoms with Crippen LogP contribution in [-0.4, -0.2) is 29.0 Å². The Morgan fingerprint density at radius 3 is 2.71 bits per heavy atom. The van der Waals surface area contributed by atoms with Gasteiger partial charge >= 0.3 is 0 Å². The van der Waals surface area contributed by atoms with Crippen LogP contribution in [0.3, 0.4) is 0 Å². The monoisotopic (exact) mass is 276 g/mol. The Morgan fingerprint density at radius 2 is 2.18 bits per heavy atom. The Bertz CT molecular complexity index is 411. The van der Waals surface area contributed by atoms with Gasteiger partial charge in [0.05, 0.1) is 12.7 Å². The number of amides is 1. The van der Waals surface area contributed by atoms with Crippen LogP contribution in [-0.2, 0) is 4.79 Å². The van der Waals surface area contributed by atoms with Crippen molar-refractivity contribution >= 4 is 34.9 Å². The van der Waals surface area contributed by atoms with Crippen LogP contribution in [0.25, 0.3) is 0 Å². The van der Waals surface area contributed by atoms with Gasteiger partial charge in [-0.05, 0) is 17.5 Å². The zero-order valence-corrected chi connectivity index (χ0v) is 11.2. The number of anilines is 1. The van der Waals surface area contributed by atoms with E-state index in [1.54, 1.807) is 4.90 Å². The van der Waals surface area contributed by atoms with Crippen LogP contribution in [0.5, 0.6) is 0 Å². The van der Waals surface area contributed by atoms with Crippen molar-refractivity contribution in [2.45, 2.75) is 13.8 Å². The number of carbonyl (C=O) groups excluding carboxylic acids is 1. The highest BCUT2D eigenvalue weighted by Gasteiger charge is 2.16. The van der Waals surface area contributed by atoms with Crippen LogP contribution in [0.15, 0.2) is 6.20 Å². The molecule has 0 fully saturated rings. The van der Waals surface area contributed by atoms with Crippen LogP contribution >= 0.6 is 23.2 Å². The van der Waals surface area contributed by atoms with E-state index in [1.165, 1.54) is 6.20 Å². The van der Waals surface area contributed by atoms with Gasteiger partial charge in [0.15, 0.2) is 5.82 Å². The molecule has 0 unspecified atom stereocenters. The van der Waals surface area contributed by atoms with Gasteiger partial charge in [-0.15, -0.1) is 0 Å². The van der Waals surface area contributed by atoms with Gasteiger partial charge in [0.25, 0.3) is 0 Å². The first-order valence-electron chi connectivity index (χ1n) is 5.11. The molecule has 0 aliphatic carbocycles. The van der Waals surface area contributed by atoms with E-state index in [1.807, 2.05) is 13.8 Å². The van der Waals surface area contributed by atoms with Crippen molar-refractivity contribution in [1.29, 1.82) is 0 Å². The highest BCUT2D eigenvalue weighted by atomic mass is 35.5. The van der Waals surface area contributed by atoms with Crippen molar-refractivity contribution in [3.05, 3.63) is 16.5 Å². The third-order valence-corrected chi connectivity index (χ3v) is 2.38. The maximum atomic E-state index is 11.0. The zero-order valence-electron chi connectivity index (χ0n) is 9.65. The molecule has 0 aromatic carbocycles. The second-order valence-corrected chi connectivity index (χ2v) is 4.80. The highest BCUT2D eigenvalue weighted by Crippen LogP contribution is 2.24. The normalized spacial score (nSPS) is 10.6. The lowest BCUT2D eigenvalue weighted by molar-refractivity contribution is -0.116. The van der Waals surface area contributed by atoms with E-state index in [4.69, 9.17) is 28.9 Å². The fourth-order valence-corrected chi connectivity index (χ4v) is 1.75. The molecule has 17 heavy (non-hydrogen) atoms. The molecule has 1 aromatic heterocycles. The Morgan fingerprint density at radius 1 is 1.53 bits per heavy atom. The predicted octanol–water partition coefficient (Wildman–Crippen LogP) is 1.73. The summed E-state index contributed by atoms with van der Waals surface area (Å²) in [6.45, 7) is 4.69. The fourth-order valence-electron chi connectivity index (χ4n) is 1.41. The van der Waals surface area contributed by atoms with Crippen LogP contribution in [0, 0.1) is 5.92 Å². The zero-order chi connectivity index (χ0) is 13.0. The lowest BCUT2D eigenvalue weighted by atomic mass is 10.2. The first-order chi connectivity index (χ1) is 7.90. The maximum Gasteiger partial charge on any atom is 0.236 e. The first kappa shape index (κ1) is 14.0. The van der Waals surface area contributed by atoms with Crippen molar-refractivity contribution in [1.82, 2.24) is 9.97 Å². The van der Waals surface area contributed by atoms with Crippen LogP contribution in [0.4, 0.5) is 5.82 Å². The standard InChI is InChI=1S/C10H14Cl2N4O/c1-6(2)4-16(5-8(13)17)9-7(11)3-14-10(12)15-9/h3,6H,4-5H2,1-2H3,(H2,13,17). The third kappa shape index (κ3) is 4.36. The molecule has 0 radical (unpaired) electrons. The highest BCUT2D eigenvalue weighted by molar-refractivity contribution is 6.33. The minimum atomic E-state index is -0.448. The van der Waals surface area contributed by atoms with E-state index in [0.29, 0.717) is 23.3 Å². The lowest BCUT2D eigenvalue weighted by Crippen LogP contribution is -2.37. The number of hydrogen-bond acceptors (Lipinski definition) is 4. The second-order valence-electron chi connectivity index (χ2n) is 4.05. The van der Waals surface area contributed by atoms with Crippen molar-refractivity contribution in [3.63, 3.8) is 0 Å². The van der Waals surface area contributed by atoms with E-state index < -0.39 is 5.91 Å². The molecular weight excluding hydrogens is 263 g/mol. The van der Waals surface area contributed by atoms with Gasteiger partial charge in [-0.25, -0.2) is 4.98 Å². The van der Waals surface area contributed by atoms with Gasteiger partial charge in [-0.2, -0.15) is 4.98 Å². The molecule has 94 valence electrons. The van der Waals surface area contributed by atoms with Crippen molar-refractivity contribution in [2.75, 3.05) is 18.0 Å². The smallest absolute Gasteiger partial charge is 0.236 e. The number of hydrogen-bond donors (Lipinski definition) is 1. The third-order valence-electron chi connectivity index (χ3n) is 1.93. The molecule has 1 heterocycles. The van der Waals surface area contributed by atoms with E-state index >= 15 is 0 Å². The molecule has 5 nitrogen and oxygen atoms in total. The molecule has 1 amide bonds. The van der Waals surface area contributed by atoms with Gasteiger partial charge in [0.2, 0.25) is 11.2 Å². The van der Waals surface area contributed by atoms with Gasteiger partial charge < -0.3 is 10.6 Å². The molecule has 0 aliphatic rings. The van der Waals surface area contributed by atoms with E-state index in [2.05, 4.69) is 9.97 Å². The molecule has 0 spiro atoms. The minimum Gasteiger partial charge on any atom is -0.368 e. The summed E-state index contributed by atoms with van der Waals surface area (Å²) >= 11 is 11.7. The van der Waals surface area contributed by atoms with Crippen molar-refractivity contribution < 1.29 is 4.79 Å². The van der Waals surface area contributed by atoms with E-state index in [-0.39, 0.29) is 11.8 Å². The molecule has 7 heteroatoms. The molecule has 1 aromatic rings. The van der Waals surface area contributed by atoms with E-state index in [0.717, 1.165) is 0 Å². The quantitative estimate of drug-likeness (QED) is 0.832. The number of carbonyl (C=O) groups is 1. The fraction of sp³-hybridized carbons (Fsp3) is 0.500. The molecule has 1 rings (SSSR count). The molecule has 0 bridgehead atoms. The average Bonchev–Trinajstić information content (AvgIpc) is 2.19. The average molecular weight is 277 g/mol. The summed E-state index contributed by atoms with van der Waals surface area (Å²) in [7, 11) is 0. The van der Waals surface area contributed by atoms with Gasteiger partial charge in [0.1, 0.15) is 5.02 Å². The summed E-state index contributed by atoms with van der Waals surface area (Å²) in [5.41, 5.74) is 5.19. The molecule has 0 aliphatic heterocycles. The van der Waals surface area contributed by atoms with E-state index in [9.17, 15) is 4.79 Å². The summed E-state index contributed by atoms with van der Waals surface area (Å²) < 4.78 is 0. The molecule has 0 saturated carbocycles. The second kappa shape index (κ2) is 6.02. The van der Waals surface area contributed by atoms with Crippen molar-refractivity contribution in [3.8, 4) is 0 Å².